The lowest BCUT2D eigenvalue weighted by atomic mass is 10.2. The van der Waals surface area contributed by atoms with Gasteiger partial charge >= 0.3 is 5.97 Å². The zero-order valence-corrected chi connectivity index (χ0v) is 12.3. The van der Waals surface area contributed by atoms with E-state index in [-0.39, 0.29) is 24.7 Å². The van der Waals surface area contributed by atoms with Crippen molar-refractivity contribution in [2.45, 2.75) is 12.8 Å². The van der Waals surface area contributed by atoms with Gasteiger partial charge in [0.15, 0.2) is 0 Å². The Morgan fingerprint density at radius 3 is 1.91 bits per heavy atom. The predicted molar refractivity (Wildman–Crippen MR) is 86.3 cm³/mol. The maximum atomic E-state index is 12.0. The molecule has 2 aromatic rings. The van der Waals surface area contributed by atoms with Crippen LogP contribution in [0.5, 0.6) is 0 Å². The highest BCUT2D eigenvalue weighted by atomic mass is 16.4. The number of carbonyl (C=O) groups excluding carboxylic acids is 2. The fraction of sp³-hybridized carbons (Fsp3) is 0.118. The largest absolute Gasteiger partial charge is 0.481 e. The van der Waals surface area contributed by atoms with Crippen LogP contribution in [0.3, 0.4) is 0 Å². The van der Waals surface area contributed by atoms with E-state index in [1.165, 1.54) is 0 Å². The smallest absolute Gasteiger partial charge is 0.303 e. The van der Waals surface area contributed by atoms with Crippen LogP contribution in [0.15, 0.2) is 54.6 Å². The summed E-state index contributed by atoms with van der Waals surface area (Å²) in [5.41, 5.74) is 1.69. The number of anilines is 2. The molecule has 6 nitrogen and oxygen atoms in total. The second kappa shape index (κ2) is 7.74. The number of hydrogen-bond donors (Lipinski definition) is 3. The Morgan fingerprint density at radius 2 is 1.35 bits per heavy atom. The van der Waals surface area contributed by atoms with Gasteiger partial charge in [-0.2, -0.15) is 0 Å². The Balaban J connectivity index is 1.90. The number of carbonyl (C=O) groups is 3. The molecule has 0 atom stereocenters. The number of hydrogen-bond acceptors (Lipinski definition) is 3. The van der Waals surface area contributed by atoms with Crippen LogP contribution in [0.25, 0.3) is 0 Å². The van der Waals surface area contributed by atoms with Crippen molar-refractivity contribution >= 4 is 29.2 Å². The second-order valence-corrected chi connectivity index (χ2v) is 4.84. The summed E-state index contributed by atoms with van der Waals surface area (Å²) in [5, 5.41) is 13.9. The van der Waals surface area contributed by atoms with Gasteiger partial charge in [-0.1, -0.05) is 18.2 Å². The molecule has 118 valence electrons. The number of amides is 2. The van der Waals surface area contributed by atoms with E-state index in [1.807, 2.05) is 6.07 Å². The first kappa shape index (κ1) is 16.2. The van der Waals surface area contributed by atoms with Gasteiger partial charge in [-0.25, -0.2) is 0 Å². The van der Waals surface area contributed by atoms with Crippen LogP contribution in [-0.4, -0.2) is 22.9 Å². The number of benzene rings is 2. The average molecular weight is 312 g/mol. The first-order valence-corrected chi connectivity index (χ1v) is 7.03. The van der Waals surface area contributed by atoms with E-state index in [9.17, 15) is 14.4 Å². The average Bonchev–Trinajstić information content (AvgIpc) is 2.55. The van der Waals surface area contributed by atoms with Gasteiger partial charge in [0.2, 0.25) is 5.91 Å². The Labute approximate surface area is 133 Å². The van der Waals surface area contributed by atoms with Gasteiger partial charge < -0.3 is 15.7 Å². The Bertz CT molecular complexity index is 696. The molecule has 0 heterocycles. The minimum Gasteiger partial charge on any atom is -0.481 e. The van der Waals surface area contributed by atoms with Gasteiger partial charge in [0.05, 0.1) is 6.42 Å². The van der Waals surface area contributed by atoms with Crippen molar-refractivity contribution < 1.29 is 19.5 Å². The molecule has 0 bridgehead atoms. The van der Waals surface area contributed by atoms with Crippen molar-refractivity contribution in [3.05, 3.63) is 60.2 Å². The molecule has 0 aliphatic rings. The van der Waals surface area contributed by atoms with Gasteiger partial charge in [0.25, 0.3) is 5.91 Å². The summed E-state index contributed by atoms with van der Waals surface area (Å²) in [6, 6.07) is 15.4. The van der Waals surface area contributed by atoms with E-state index in [2.05, 4.69) is 10.6 Å². The van der Waals surface area contributed by atoms with Gasteiger partial charge in [-0.05, 0) is 36.4 Å². The van der Waals surface area contributed by atoms with Crippen LogP contribution < -0.4 is 10.6 Å². The molecular formula is C17H16N2O4. The van der Waals surface area contributed by atoms with Crippen molar-refractivity contribution in [1.82, 2.24) is 0 Å². The van der Waals surface area contributed by atoms with Gasteiger partial charge in [-0.15, -0.1) is 0 Å². The second-order valence-electron chi connectivity index (χ2n) is 4.84. The summed E-state index contributed by atoms with van der Waals surface area (Å²) >= 11 is 0. The SMILES string of the molecule is O=C(O)CCC(=O)Nc1ccc(NC(=O)c2ccccc2)cc1. The number of rotatable bonds is 6. The third kappa shape index (κ3) is 5.28. The van der Waals surface area contributed by atoms with Crippen molar-refractivity contribution in [3.63, 3.8) is 0 Å². The molecule has 23 heavy (non-hydrogen) atoms. The molecule has 6 heteroatoms. The molecule has 0 aromatic heterocycles. The summed E-state index contributed by atoms with van der Waals surface area (Å²) in [6.45, 7) is 0. The van der Waals surface area contributed by atoms with Crippen molar-refractivity contribution in [2.75, 3.05) is 10.6 Å². The minimum atomic E-state index is -1.01. The van der Waals surface area contributed by atoms with E-state index in [1.54, 1.807) is 48.5 Å². The van der Waals surface area contributed by atoms with Crippen LogP contribution in [-0.2, 0) is 9.59 Å². The van der Waals surface area contributed by atoms with Crippen molar-refractivity contribution in [3.8, 4) is 0 Å². The highest BCUT2D eigenvalue weighted by molar-refractivity contribution is 6.04. The molecule has 3 N–H and O–H groups in total. The molecular weight excluding hydrogens is 296 g/mol. The van der Waals surface area contributed by atoms with Crippen molar-refractivity contribution in [2.24, 2.45) is 0 Å². The monoisotopic (exact) mass is 312 g/mol. The number of carboxylic acid groups (broad SMARTS) is 1. The van der Waals surface area contributed by atoms with Crippen LogP contribution in [0.1, 0.15) is 23.2 Å². The summed E-state index contributed by atoms with van der Waals surface area (Å²) < 4.78 is 0. The molecule has 0 aliphatic heterocycles. The van der Waals surface area contributed by atoms with E-state index < -0.39 is 5.97 Å². The molecule has 2 aromatic carbocycles. The summed E-state index contributed by atoms with van der Waals surface area (Å²) in [4.78, 5) is 33.9. The van der Waals surface area contributed by atoms with Crippen LogP contribution in [0.2, 0.25) is 0 Å². The van der Waals surface area contributed by atoms with Gasteiger partial charge in [-0.3, -0.25) is 14.4 Å². The zero-order valence-electron chi connectivity index (χ0n) is 12.3. The first-order chi connectivity index (χ1) is 11.0. The molecule has 0 saturated heterocycles. The Kier molecular flexibility index (Phi) is 5.46. The maximum absolute atomic E-state index is 12.0. The number of nitrogens with one attached hydrogen (secondary N) is 2. The number of carboxylic acids is 1. The third-order valence-corrected chi connectivity index (χ3v) is 3.03. The van der Waals surface area contributed by atoms with Crippen LogP contribution in [0.4, 0.5) is 11.4 Å². The molecule has 0 aliphatic carbocycles. The van der Waals surface area contributed by atoms with Crippen molar-refractivity contribution in [1.29, 1.82) is 0 Å². The first-order valence-electron chi connectivity index (χ1n) is 7.03. The standard InChI is InChI=1S/C17H16N2O4/c20-15(10-11-16(21)22)18-13-6-8-14(9-7-13)19-17(23)12-4-2-1-3-5-12/h1-9H,10-11H2,(H,18,20)(H,19,23)(H,21,22). The molecule has 0 radical (unpaired) electrons. The maximum Gasteiger partial charge on any atom is 0.303 e. The van der Waals surface area contributed by atoms with E-state index in [0.29, 0.717) is 16.9 Å². The summed E-state index contributed by atoms with van der Waals surface area (Å²) in [7, 11) is 0. The fourth-order valence-corrected chi connectivity index (χ4v) is 1.87. The quantitative estimate of drug-likeness (QED) is 0.764. The minimum absolute atomic E-state index is 0.0815. The molecule has 0 spiro atoms. The molecule has 2 rings (SSSR count). The highest BCUT2D eigenvalue weighted by Gasteiger charge is 2.07. The van der Waals surface area contributed by atoms with E-state index in [0.717, 1.165) is 0 Å². The zero-order chi connectivity index (χ0) is 16.7. The number of aliphatic carboxylic acids is 1. The normalized spacial score (nSPS) is 9.91. The third-order valence-electron chi connectivity index (χ3n) is 3.03. The lowest BCUT2D eigenvalue weighted by molar-refractivity contribution is -0.138. The van der Waals surface area contributed by atoms with Crippen LogP contribution >= 0.6 is 0 Å². The van der Waals surface area contributed by atoms with E-state index in [4.69, 9.17) is 5.11 Å². The lowest BCUT2D eigenvalue weighted by Gasteiger charge is -2.07. The molecule has 2 amide bonds. The molecule has 0 saturated carbocycles. The topological polar surface area (TPSA) is 95.5 Å². The molecule has 0 unspecified atom stereocenters. The highest BCUT2D eigenvalue weighted by Crippen LogP contribution is 2.15. The van der Waals surface area contributed by atoms with E-state index >= 15 is 0 Å². The predicted octanol–water partition coefficient (Wildman–Crippen LogP) is 2.74. The Hall–Kier alpha value is -3.15. The van der Waals surface area contributed by atoms with Gasteiger partial charge in [0, 0.05) is 23.4 Å². The van der Waals surface area contributed by atoms with Crippen LogP contribution in [0, 0.1) is 0 Å². The summed E-state index contributed by atoms with van der Waals surface area (Å²) in [5.74, 6) is -1.60. The summed E-state index contributed by atoms with van der Waals surface area (Å²) in [6.07, 6.45) is -0.293. The fourth-order valence-electron chi connectivity index (χ4n) is 1.87. The van der Waals surface area contributed by atoms with Gasteiger partial charge in [0.1, 0.15) is 0 Å². The Morgan fingerprint density at radius 1 is 0.783 bits per heavy atom. The molecule has 0 fully saturated rings. The lowest BCUT2D eigenvalue weighted by Crippen LogP contribution is -2.14.